The summed E-state index contributed by atoms with van der Waals surface area (Å²) in [5.41, 5.74) is 3.62. The van der Waals surface area contributed by atoms with Crippen molar-refractivity contribution >= 4 is 0 Å². The molecule has 3 heteroatoms. The Hall–Kier alpha value is -0.120. The summed E-state index contributed by atoms with van der Waals surface area (Å²) in [6, 6.07) is 0. The minimum atomic E-state index is 0.379. The van der Waals surface area contributed by atoms with Crippen molar-refractivity contribution in [1.82, 2.24) is 10.4 Å². The number of hydrogen-bond donors (Lipinski definition) is 1. The molecular formula is C7H16N2O. The highest BCUT2D eigenvalue weighted by Crippen LogP contribution is 2.24. The zero-order valence-electron chi connectivity index (χ0n) is 6.98. The zero-order valence-corrected chi connectivity index (χ0v) is 6.98. The fraction of sp³-hybridized carbons (Fsp3) is 1.00. The second-order valence-electron chi connectivity index (χ2n) is 3.53. The molecule has 60 valence electrons. The molecule has 10 heavy (non-hydrogen) atoms. The third-order valence-electron chi connectivity index (χ3n) is 1.72. The highest BCUT2D eigenvalue weighted by molar-refractivity contribution is 4.81. The fourth-order valence-corrected chi connectivity index (χ4v) is 0.902. The van der Waals surface area contributed by atoms with Crippen LogP contribution in [0.3, 0.4) is 0 Å². The SMILES string of the molecule is CN(C)NCC1(C)COC1. The summed E-state index contributed by atoms with van der Waals surface area (Å²) in [6.45, 7) is 5.04. The molecule has 0 aliphatic carbocycles. The van der Waals surface area contributed by atoms with Gasteiger partial charge in [0, 0.05) is 26.1 Å². The van der Waals surface area contributed by atoms with E-state index in [1.54, 1.807) is 0 Å². The molecule has 1 aliphatic rings. The van der Waals surface area contributed by atoms with E-state index in [0.29, 0.717) is 5.41 Å². The van der Waals surface area contributed by atoms with Crippen LogP contribution in [-0.2, 0) is 4.74 Å². The molecule has 1 aliphatic heterocycles. The maximum atomic E-state index is 5.11. The largest absolute Gasteiger partial charge is 0.380 e. The van der Waals surface area contributed by atoms with Gasteiger partial charge in [0.15, 0.2) is 0 Å². The lowest BCUT2D eigenvalue weighted by Crippen LogP contribution is -2.50. The van der Waals surface area contributed by atoms with Crippen molar-refractivity contribution in [2.24, 2.45) is 5.41 Å². The van der Waals surface area contributed by atoms with Crippen molar-refractivity contribution in [3.8, 4) is 0 Å². The predicted octanol–water partition coefficient (Wildman–Crippen LogP) is 0.0891. The minimum Gasteiger partial charge on any atom is -0.380 e. The number of hydrazine groups is 1. The molecule has 0 radical (unpaired) electrons. The summed E-state index contributed by atoms with van der Waals surface area (Å²) in [5.74, 6) is 0. The Labute approximate surface area is 62.3 Å². The molecule has 1 rings (SSSR count). The van der Waals surface area contributed by atoms with Crippen LogP contribution in [0.4, 0.5) is 0 Å². The molecule has 0 saturated carbocycles. The van der Waals surface area contributed by atoms with Gasteiger partial charge in [-0.05, 0) is 0 Å². The van der Waals surface area contributed by atoms with E-state index in [1.165, 1.54) is 0 Å². The fourth-order valence-electron chi connectivity index (χ4n) is 0.902. The molecule has 0 atom stereocenters. The van der Waals surface area contributed by atoms with Gasteiger partial charge in [-0.25, -0.2) is 0 Å². The van der Waals surface area contributed by atoms with Crippen molar-refractivity contribution in [1.29, 1.82) is 0 Å². The predicted molar refractivity (Wildman–Crippen MR) is 40.6 cm³/mol. The highest BCUT2D eigenvalue weighted by Gasteiger charge is 2.32. The van der Waals surface area contributed by atoms with Crippen LogP contribution in [0, 0.1) is 5.41 Å². The van der Waals surface area contributed by atoms with Crippen LogP contribution in [0.2, 0.25) is 0 Å². The summed E-state index contributed by atoms with van der Waals surface area (Å²) in [6.07, 6.45) is 0. The lowest BCUT2D eigenvalue weighted by molar-refractivity contribution is -0.105. The molecule has 0 unspecified atom stereocenters. The molecular weight excluding hydrogens is 128 g/mol. The van der Waals surface area contributed by atoms with Crippen molar-refractivity contribution in [3.63, 3.8) is 0 Å². The second-order valence-corrected chi connectivity index (χ2v) is 3.53. The Kier molecular flexibility index (Phi) is 2.28. The maximum absolute atomic E-state index is 5.11. The standard InChI is InChI=1S/C7H16N2O/c1-7(5-10-6-7)4-8-9(2)3/h8H,4-6H2,1-3H3. The average molecular weight is 144 g/mol. The smallest absolute Gasteiger partial charge is 0.0554 e. The summed E-state index contributed by atoms with van der Waals surface area (Å²) in [5, 5.41) is 1.98. The van der Waals surface area contributed by atoms with Crippen molar-refractivity contribution < 1.29 is 4.74 Å². The second kappa shape index (κ2) is 2.86. The number of nitrogens with zero attached hydrogens (tertiary/aromatic N) is 1. The molecule has 0 spiro atoms. The summed E-state index contributed by atoms with van der Waals surface area (Å²) in [4.78, 5) is 0. The van der Waals surface area contributed by atoms with Gasteiger partial charge in [0.1, 0.15) is 0 Å². The molecule has 1 heterocycles. The summed E-state index contributed by atoms with van der Waals surface area (Å²) >= 11 is 0. The van der Waals surface area contributed by atoms with E-state index in [4.69, 9.17) is 4.74 Å². The third kappa shape index (κ3) is 1.94. The van der Waals surface area contributed by atoms with Crippen molar-refractivity contribution in [2.75, 3.05) is 33.9 Å². The first-order valence-electron chi connectivity index (χ1n) is 3.61. The Morgan fingerprint density at radius 2 is 2.10 bits per heavy atom. The van der Waals surface area contributed by atoms with Crippen LogP contribution in [0.15, 0.2) is 0 Å². The van der Waals surface area contributed by atoms with Crippen LogP contribution in [0.25, 0.3) is 0 Å². The lowest BCUT2D eigenvalue weighted by atomic mass is 9.89. The van der Waals surface area contributed by atoms with E-state index >= 15 is 0 Å². The molecule has 1 N–H and O–H groups in total. The van der Waals surface area contributed by atoms with Gasteiger partial charge in [0.25, 0.3) is 0 Å². The molecule has 0 aromatic heterocycles. The lowest BCUT2D eigenvalue weighted by Gasteiger charge is -2.38. The topological polar surface area (TPSA) is 24.5 Å². The van der Waals surface area contributed by atoms with Crippen LogP contribution in [0.1, 0.15) is 6.92 Å². The van der Waals surface area contributed by atoms with E-state index in [1.807, 2.05) is 19.1 Å². The van der Waals surface area contributed by atoms with E-state index in [0.717, 1.165) is 19.8 Å². The average Bonchev–Trinajstić information content (AvgIpc) is 1.79. The van der Waals surface area contributed by atoms with Crippen LogP contribution >= 0.6 is 0 Å². The van der Waals surface area contributed by atoms with Gasteiger partial charge in [-0.3, -0.25) is 10.4 Å². The van der Waals surface area contributed by atoms with Gasteiger partial charge in [-0.1, -0.05) is 6.92 Å². The molecule has 0 amide bonds. The van der Waals surface area contributed by atoms with Gasteiger partial charge in [-0.2, -0.15) is 0 Å². The van der Waals surface area contributed by atoms with E-state index in [-0.39, 0.29) is 0 Å². The molecule has 0 bridgehead atoms. The van der Waals surface area contributed by atoms with E-state index < -0.39 is 0 Å². The normalized spacial score (nSPS) is 22.8. The van der Waals surface area contributed by atoms with Gasteiger partial charge in [0.2, 0.25) is 0 Å². The number of ether oxygens (including phenoxy) is 1. The van der Waals surface area contributed by atoms with Crippen molar-refractivity contribution in [3.05, 3.63) is 0 Å². The monoisotopic (exact) mass is 144 g/mol. The molecule has 0 aromatic carbocycles. The minimum absolute atomic E-state index is 0.379. The Bertz CT molecular complexity index is 110. The number of hydrogen-bond acceptors (Lipinski definition) is 3. The Morgan fingerprint density at radius 3 is 2.40 bits per heavy atom. The van der Waals surface area contributed by atoms with Crippen LogP contribution in [0.5, 0.6) is 0 Å². The third-order valence-corrected chi connectivity index (χ3v) is 1.72. The van der Waals surface area contributed by atoms with E-state index in [2.05, 4.69) is 12.3 Å². The van der Waals surface area contributed by atoms with Gasteiger partial charge in [0.05, 0.1) is 13.2 Å². The quantitative estimate of drug-likeness (QED) is 0.568. The highest BCUT2D eigenvalue weighted by atomic mass is 16.5. The molecule has 0 aromatic rings. The van der Waals surface area contributed by atoms with Gasteiger partial charge < -0.3 is 4.74 Å². The van der Waals surface area contributed by atoms with Crippen LogP contribution < -0.4 is 5.43 Å². The Morgan fingerprint density at radius 1 is 1.50 bits per heavy atom. The van der Waals surface area contributed by atoms with Crippen LogP contribution in [-0.4, -0.2) is 38.9 Å². The Balaban J connectivity index is 2.12. The molecule has 3 nitrogen and oxygen atoms in total. The molecule has 1 fully saturated rings. The first-order chi connectivity index (χ1) is 4.62. The first-order valence-corrected chi connectivity index (χ1v) is 3.61. The van der Waals surface area contributed by atoms with Crippen molar-refractivity contribution in [2.45, 2.75) is 6.92 Å². The number of rotatable bonds is 3. The number of nitrogens with one attached hydrogen (secondary N) is 1. The maximum Gasteiger partial charge on any atom is 0.0554 e. The molecule has 1 saturated heterocycles. The zero-order chi connectivity index (χ0) is 7.61. The van der Waals surface area contributed by atoms with Gasteiger partial charge in [-0.15, -0.1) is 0 Å². The van der Waals surface area contributed by atoms with E-state index in [9.17, 15) is 0 Å². The summed E-state index contributed by atoms with van der Waals surface area (Å²) < 4.78 is 5.11. The van der Waals surface area contributed by atoms with Gasteiger partial charge >= 0.3 is 0 Å². The first kappa shape index (κ1) is 7.98. The summed E-state index contributed by atoms with van der Waals surface area (Å²) in [7, 11) is 4.01.